The molecule has 1 aromatic heterocycles. The van der Waals surface area contributed by atoms with Gasteiger partial charge in [0.05, 0.1) is 10.9 Å². The van der Waals surface area contributed by atoms with Gasteiger partial charge >= 0.3 is 0 Å². The van der Waals surface area contributed by atoms with E-state index in [-0.39, 0.29) is 0 Å². The first-order valence-electron chi connectivity index (χ1n) is 6.55. The highest BCUT2D eigenvalue weighted by Crippen LogP contribution is 2.27. The van der Waals surface area contributed by atoms with Gasteiger partial charge in [-0.25, -0.2) is 0 Å². The molecule has 1 aliphatic rings. The topological polar surface area (TPSA) is 16.6 Å². The van der Waals surface area contributed by atoms with Crippen molar-refractivity contribution in [3.63, 3.8) is 0 Å². The normalized spacial score (nSPS) is 30.6. The Balaban J connectivity index is 1.85. The highest BCUT2D eigenvalue weighted by atomic mass is 32.1. The van der Waals surface area contributed by atoms with Crippen molar-refractivity contribution < 1.29 is 5.32 Å². The van der Waals surface area contributed by atoms with E-state index in [1.165, 1.54) is 35.6 Å². The Morgan fingerprint density at radius 1 is 1.31 bits per heavy atom. The highest BCUT2D eigenvalue weighted by Gasteiger charge is 2.29. The van der Waals surface area contributed by atoms with Crippen LogP contribution in [0.5, 0.6) is 0 Å². The van der Waals surface area contributed by atoms with Gasteiger partial charge in [0.15, 0.2) is 0 Å². The van der Waals surface area contributed by atoms with Crippen LogP contribution in [0.4, 0.5) is 0 Å². The summed E-state index contributed by atoms with van der Waals surface area (Å²) < 4.78 is 0. The minimum absolute atomic E-state index is 0.853. The molecule has 2 rings (SSSR count). The van der Waals surface area contributed by atoms with Crippen LogP contribution in [0, 0.1) is 18.8 Å². The zero-order valence-electron chi connectivity index (χ0n) is 10.7. The van der Waals surface area contributed by atoms with E-state index in [1.807, 2.05) is 11.3 Å². The second-order valence-electron chi connectivity index (χ2n) is 5.38. The maximum Gasteiger partial charge on any atom is 0.111 e. The van der Waals surface area contributed by atoms with Crippen molar-refractivity contribution in [3.8, 4) is 0 Å². The molecule has 0 aromatic carbocycles. The van der Waals surface area contributed by atoms with E-state index in [2.05, 4.69) is 38.2 Å². The molecular weight excluding hydrogens is 214 g/mol. The second-order valence-corrected chi connectivity index (χ2v) is 6.76. The van der Waals surface area contributed by atoms with E-state index >= 15 is 0 Å². The minimum Gasteiger partial charge on any atom is -0.339 e. The number of hydrogen-bond acceptors (Lipinski definition) is 1. The third-order valence-corrected chi connectivity index (χ3v) is 5.21. The smallest absolute Gasteiger partial charge is 0.111 e. The molecule has 0 aliphatic heterocycles. The van der Waals surface area contributed by atoms with Gasteiger partial charge in [-0.1, -0.05) is 13.8 Å². The largest absolute Gasteiger partial charge is 0.339 e. The monoisotopic (exact) mass is 238 g/mol. The van der Waals surface area contributed by atoms with Crippen molar-refractivity contribution in [2.75, 3.05) is 0 Å². The van der Waals surface area contributed by atoms with Gasteiger partial charge in [0, 0.05) is 10.8 Å². The lowest BCUT2D eigenvalue weighted by molar-refractivity contribution is -0.713. The van der Waals surface area contributed by atoms with E-state index in [4.69, 9.17) is 0 Å². The van der Waals surface area contributed by atoms with Gasteiger partial charge in [-0.2, -0.15) is 0 Å². The molecule has 0 saturated heterocycles. The Bertz CT molecular complexity index is 331. The first-order valence-corrected chi connectivity index (χ1v) is 7.37. The molecular formula is C14H24NS+. The standard InChI is InChI=1S/C14H23NS/c1-10-5-4-6-14(12(10)3)15-9-13-8-7-11(2)16-13/h7-8,10,12,14-15H,4-6,9H2,1-3H3/p+1/t10-,12-,14-/m1/s1. The van der Waals surface area contributed by atoms with Crippen LogP contribution >= 0.6 is 11.3 Å². The maximum atomic E-state index is 2.58. The zero-order chi connectivity index (χ0) is 11.5. The predicted molar refractivity (Wildman–Crippen MR) is 70.7 cm³/mol. The third-order valence-electron chi connectivity index (χ3n) is 4.19. The number of rotatable bonds is 3. The van der Waals surface area contributed by atoms with Crippen LogP contribution in [-0.2, 0) is 6.54 Å². The predicted octanol–water partition coefficient (Wildman–Crippen LogP) is 2.94. The van der Waals surface area contributed by atoms with Crippen LogP contribution < -0.4 is 5.32 Å². The summed E-state index contributed by atoms with van der Waals surface area (Å²) in [5.41, 5.74) is 0. The van der Waals surface area contributed by atoms with Crippen molar-refractivity contribution in [1.82, 2.24) is 0 Å². The number of aryl methyl sites for hydroxylation is 1. The molecule has 16 heavy (non-hydrogen) atoms. The van der Waals surface area contributed by atoms with Gasteiger partial charge < -0.3 is 5.32 Å². The van der Waals surface area contributed by atoms with E-state index < -0.39 is 0 Å². The molecule has 90 valence electrons. The fourth-order valence-electron chi connectivity index (χ4n) is 2.82. The van der Waals surface area contributed by atoms with Crippen molar-refractivity contribution in [2.24, 2.45) is 11.8 Å². The van der Waals surface area contributed by atoms with Gasteiger partial charge in [0.2, 0.25) is 0 Å². The highest BCUT2D eigenvalue weighted by molar-refractivity contribution is 7.11. The molecule has 1 heterocycles. The summed E-state index contributed by atoms with van der Waals surface area (Å²) in [6.07, 6.45) is 4.27. The lowest BCUT2D eigenvalue weighted by atomic mass is 9.78. The molecule has 0 bridgehead atoms. The van der Waals surface area contributed by atoms with Crippen molar-refractivity contribution in [1.29, 1.82) is 0 Å². The third kappa shape index (κ3) is 2.86. The average Bonchev–Trinajstić information content (AvgIpc) is 2.67. The fourth-order valence-corrected chi connectivity index (χ4v) is 3.68. The van der Waals surface area contributed by atoms with Gasteiger partial charge in [-0.15, -0.1) is 11.3 Å². The number of thiophene rings is 1. The minimum atomic E-state index is 0.853. The molecule has 1 aliphatic carbocycles. The molecule has 1 fully saturated rings. The molecule has 2 N–H and O–H groups in total. The second kappa shape index (κ2) is 5.33. The van der Waals surface area contributed by atoms with Crippen LogP contribution in [0.1, 0.15) is 42.9 Å². The summed E-state index contributed by atoms with van der Waals surface area (Å²) in [5, 5.41) is 2.58. The van der Waals surface area contributed by atoms with Crippen molar-refractivity contribution in [2.45, 2.75) is 52.6 Å². The number of quaternary nitrogens is 1. The SMILES string of the molecule is Cc1ccc(C[NH2+][C@@H]2CCC[C@@H](C)[C@H]2C)s1. The van der Waals surface area contributed by atoms with E-state index in [0.717, 1.165) is 17.9 Å². The molecule has 0 radical (unpaired) electrons. The summed E-state index contributed by atoms with van der Waals surface area (Å²) in [4.78, 5) is 2.97. The van der Waals surface area contributed by atoms with E-state index in [0.29, 0.717) is 0 Å². The Labute approximate surface area is 103 Å². The van der Waals surface area contributed by atoms with Crippen LogP contribution in [0.3, 0.4) is 0 Å². The first kappa shape index (κ1) is 12.1. The first-order chi connectivity index (χ1) is 7.66. The van der Waals surface area contributed by atoms with Crippen LogP contribution in [-0.4, -0.2) is 6.04 Å². The molecule has 3 atom stereocenters. The lowest BCUT2D eigenvalue weighted by Crippen LogP contribution is -2.90. The van der Waals surface area contributed by atoms with Crippen LogP contribution in [0.15, 0.2) is 12.1 Å². The Kier molecular flexibility index (Phi) is 4.04. The Morgan fingerprint density at radius 3 is 2.81 bits per heavy atom. The summed E-state index contributed by atoms with van der Waals surface area (Å²) >= 11 is 1.95. The molecule has 0 spiro atoms. The maximum absolute atomic E-state index is 2.58. The summed E-state index contributed by atoms with van der Waals surface area (Å²) in [6, 6.07) is 5.37. The zero-order valence-corrected chi connectivity index (χ0v) is 11.5. The fraction of sp³-hybridized carbons (Fsp3) is 0.714. The Morgan fingerprint density at radius 2 is 2.12 bits per heavy atom. The number of nitrogens with two attached hydrogens (primary N) is 1. The molecule has 1 nitrogen and oxygen atoms in total. The van der Waals surface area contributed by atoms with Crippen molar-refractivity contribution in [3.05, 3.63) is 21.9 Å². The van der Waals surface area contributed by atoms with Gasteiger partial charge in [0.25, 0.3) is 0 Å². The molecule has 0 amide bonds. The molecule has 2 heteroatoms. The van der Waals surface area contributed by atoms with Crippen molar-refractivity contribution >= 4 is 11.3 Å². The van der Waals surface area contributed by atoms with E-state index in [9.17, 15) is 0 Å². The van der Waals surface area contributed by atoms with Gasteiger partial charge in [-0.3, -0.25) is 0 Å². The summed E-state index contributed by atoms with van der Waals surface area (Å²) in [7, 11) is 0. The van der Waals surface area contributed by atoms with Gasteiger partial charge in [0.1, 0.15) is 6.54 Å². The number of hydrogen-bond donors (Lipinski definition) is 1. The van der Waals surface area contributed by atoms with Crippen LogP contribution in [0.2, 0.25) is 0 Å². The van der Waals surface area contributed by atoms with E-state index in [1.54, 1.807) is 0 Å². The quantitative estimate of drug-likeness (QED) is 0.834. The molecule has 1 aromatic rings. The van der Waals surface area contributed by atoms with Crippen LogP contribution in [0.25, 0.3) is 0 Å². The average molecular weight is 238 g/mol. The van der Waals surface area contributed by atoms with Gasteiger partial charge in [-0.05, 0) is 44.2 Å². The summed E-state index contributed by atoms with van der Waals surface area (Å²) in [5.74, 6) is 1.80. The molecule has 0 unspecified atom stereocenters. The Hall–Kier alpha value is -0.340. The summed E-state index contributed by atoms with van der Waals surface area (Å²) in [6.45, 7) is 8.23. The lowest BCUT2D eigenvalue weighted by Gasteiger charge is -2.32. The molecule has 1 saturated carbocycles.